The first kappa shape index (κ1) is 17.7. The van der Waals surface area contributed by atoms with Crippen LogP contribution in [0.5, 0.6) is 0 Å². The number of rotatable bonds is 7. The molecule has 0 bridgehead atoms. The zero-order chi connectivity index (χ0) is 19.7. The Morgan fingerprint density at radius 3 is 2.64 bits per heavy atom. The summed E-state index contributed by atoms with van der Waals surface area (Å²) in [5.41, 5.74) is 0.489. The van der Waals surface area contributed by atoms with Crippen molar-refractivity contribution in [1.29, 1.82) is 0 Å². The van der Waals surface area contributed by atoms with E-state index in [4.69, 9.17) is 4.42 Å². The molecule has 0 unspecified atom stereocenters. The number of para-hydroxylation sites is 1. The molecule has 0 spiro atoms. The first-order valence-electron chi connectivity index (χ1n) is 8.82. The third-order valence-electron chi connectivity index (χ3n) is 4.43. The highest BCUT2D eigenvalue weighted by molar-refractivity contribution is 5.91. The van der Waals surface area contributed by atoms with Crippen LogP contribution in [-0.4, -0.2) is 31.7 Å². The van der Waals surface area contributed by atoms with Gasteiger partial charge in [-0.05, 0) is 31.0 Å². The number of carbonyl (C=O) groups is 1. The van der Waals surface area contributed by atoms with Gasteiger partial charge in [-0.15, -0.1) is 0 Å². The Hall–Kier alpha value is -3.69. The van der Waals surface area contributed by atoms with Crippen molar-refractivity contribution in [2.45, 2.75) is 25.3 Å². The van der Waals surface area contributed by atoms with Crippen molar-refractivity contribution < 1.29 is 14.1 Å². The monoisotopic (exact) mass is 383 g/mol. The van der Waals surface area contributed by atoms with Crippen LogP contribution in [0.25, 0.3) is 5.69 Å². The molecule has 1 saturated carbocycles. The van der Waals surface area contributed by atoms with E-state index in [9.17, 15) is 19.7 Å². The van der Waals surface area contributed by atoms with Gasteiger partial charge in [-0.1, -0.05) is 18.2 Å². The van der Waals surface area contributed by atoms with Crippen molar-refractivity contribution in [3.8, 4) is 5.69 Å². The molecule has 28 heavy (non-hydrogen) atoms. The molecule has 0 saturated heterocycles. The molecule has 10 nitrogen and oxygen atoms in total. The highest BCUT2D eigenvalue weighted by Gasteiger charge is 2.31. The number of furan rings is 1. The third kappa shape index (κ3) is 3.43. The maximum Gasteiger partial charge on any atom is 0.433 e. The SMILES string of the molecule is O=C(NCCn1nc(C2CC2)n(-c2ccccc2)c1=O)c1ccc([N+](=O)[O-])o1. The minimum atomic E-state index is -0.716. The second-order valence-electron chi connectivity index (χ2n) is 6.46. The van der Waals surface area contributed by atoms with Crippen LogP contribution in [0, 0.1) is 10.1 Å². The molecule has 1 amide bonds. The molecule has 1 aliphatic carbocycles. The van der Waals surface area contributed by atoms with Crippen LogP contribution in [0.1, 0.15) is 35.1 Å². The fourth-order valence-electron chi connectivity index (χ4n) is 2.91. The molecule has 144 valence electrons. The molecule has 1 N–H and O–H groups in total. The number of nitrogens with one attached hydrogen (secondary N) is 1. The molecule has 2 aromatic heterocycles. The summed E-state index contributed by atoms with van der Waals surface area (Å²) in [6.07, 6.45) is 1.99. The maximum absolute atomic E-state index is 12.8. The largest absolute Gasteiger partial charge is 0.433 e. The van der Waals surface area contributed by atoms with Crippen molar-refractivity contribution >= 4 is 11.8 Å². The van der Waals surface area contributed by atoms with E-state index in [0.29, 0.717) is 0 Å². The summed E-state index contributed by atoms with van der Waals surface area (Å²) in [7, 11) is 0. The average Bonchev–Trinajstić information content (AvgIpc) is 3.31. The molecule has 10 heteroatoms. The van der Waals surface area contributed by atoms with E-state index in [1.165, 1.54) is 10.7 Å². The standard InChI is InChI=1S/C18H17N5O5/c24-17(14-8-9-15(28-14)23(26)27)19-10-11-21-18(25)22(13-4-2-1-3-5-13)16(20-21)12-6-7-12/h1-5,8-9,12H,6-7,10-11H2,(H,19,24). The highest BCUT2D eigenvalue weighted by Crippen LogP contribution is 2.39. The Morgan fingerprint density at radius 2 is 2.00 bits per heavy atom. The van der Waals surface area contributed by atoms with Crippen LogP contribution in [0.15, 0.2) is 51.7 Å². The number of hydrogen-bond donors (Lipinski definition) is 1. The number of hydrogen-bond acceptors (Lipinski definition) is 6. The topological polar surface area (TPSA) is 125 Å². The van der Waals surface area contributed by atoms with E-state index in [2.05, 4.69) is 10.4 Å². The lowest BCUT2D eigenvalue weighted by atomic mass is 10.3. The Bertz CT molecular complexity index is 1080. The first-order valence-corrected chi connectivity index (χ1v) is 8.82. The fourth-order valence-corrected chi connectivity index (χ4v) is 2.91. The van der Waals surface area contributed by atoms with Crippen molar-refractivity contribution in [3.63, 3.8) is 0 Å². The number of benzene rings is 1. The van der Waals surface area contributed by atoms with Gasteiger partial charge in [-0.2, -0.15) is 5.10 Å². The highest BCUT2D eigenvalue weighted by atomic mass is 16.6. The molecule has 3 aromatic rings. The van der Waals surface area contributed by atoms with Crippen LogP contribution in [0.4, 0.5) is 5.88 Å². The Balaban J connectivity index is 1.47. The molecule has 1 aromatic carbocycles. The summed E-state index contributed by atoms with van der Waals surface area (Å²) in [5, 5.41) is 17.6. The molecular weight excluding hydrogens is 366 g/mol. The lowest BCUT2D eigenvalue weighted by Crippen LogP contribution is -2.31. The molecule has 1 fully saturated rings. The van der Waals surface area contributed by atoms with Crippen LogP contribution in [-0.2, 0) is 6.54 Å². The van der Waals surface area contributed by atoms with Gasteiger partial charge in [0.2, 0.25) is 0 Å². The van der Waals surface area contributed by atoms with Gasteiger partial charge in [-0.25, -0.2) is 14.0 Å². The smallest absolute Gasteiger partial charge is 0.395 e. The molecule has 2 heterocycles. The van der Waals surface area contributed by atoms with Gasteiger partial charge in [0.05, 0.1) is 18.3 Å². The molecule has 0 atom stereocenters. The van der Waals surface area contributed by atoms with Gasteiger partial charge >= 0.3 is 11.6 Å². The third-order valence-corrected chi connectivity index (χ3v) is 4.43. The molecular formula is C18H17N5O5. The Labute approximate surface area is 158 Å². The van der Waals surface area contributed by atoms with E-state index in [1.54, 1.807) is 4.57 Å². The molecule has 4 rings (SSSR count). The van der Waals surface area contributed by atoms with Gasteiger partial charge in [0.25, 0.3) is 5.91 Å². The second-order valence-corrected chi connectivity index (χ2v) is 6.46. The lowest BCUT2D eigenvalue weighted by molar-refractivity contribution is -0.402. The molecule has 0 aliphatic heterocycles. The van der Waals surface area contributed by atoms with Crippen molar-refractivity contribution in [3.05, 3.63) is 74.6 Å². The maximum atomic E-state index is 12.8. The summed E-state index contributed by atoms with van der Waals surface area (Å²) in [6, 6.07) is 11.6. The van der Waals surface area contributed by atoms with E-state index >= 15 is 0 Å². The number of amides is 1. The number of aromatic nitrogens is 3. The second kappa shape index (κ2) is 7.14. The van der Waals surface area contributed by atoms with Crippen molar-refractivity contribution in [1.82, 2.24) is 19.7 Å². The quantitative estimate of drug-likeness (QED) is 0.490. The van der Waals surface area contributed by atoms with Crippen LogP contribution in [0.2, 0.25) is 0 Å². The van der Waals surface area contributed by atoms with Crippen LogP contribution < -0.4 is 11.0 Å². The summed E-state index contributed by atoms with van der Waals surface area (Å²) in [5.74, 6) is -0.257. The van der Waals surface area contributed by atoms with E-state index in [-0.39, 0.29) is 30.5 Å². The van der Waals surface area contributed by atoms with E-state index in [0.717, 1.165) is 30.4 Å². The minimum absolute atomic E-state index is 0.128. The van der Waals surface area contributed by atoms with Crippen LogP contribution in [0.3, 0.4) is 0 Å². The minimum Gasteiger partial charge on any atom is -0.395 e. The fraction of sp³-hybridized carbons (Fsp3) is 0.278. The van der Waals surface area contributed by atoms with Gasteiger partial charge in [0.15, 0.2) is 5.76 Å². The van der Waals surface area contributed by atoms with Gasteiger partial charge in [0, 0.05) is 12.5 Å². The van der Waals surface area contributed by atoms with Gasteiger partial charge in [-0.3, -0.25) is 14.9 Å². The van der Waals surface area contributed by atoms with Crippen molar-refractivity contribution in [2.75, 3.05) is 6.54 Å². The van der Waals surface area contributed by atoms with E-state index < -0.39 is 16.7 Å². The lowest BCUT2D eigenvalue weighted by Gasteiger charge is -2.03. The Morgan fingerprint density at radius 1 is 1.25 bits per heavy atom. The van der Waals surface area contributed by atoms with Gasteiger partial charge < -0.3 is 9.73 Å². The zero-order valence-electron chi connectivity index (χ0n) is 14.8. The first-order chi connectivity index (χ1) is 13.5. The predicted octanol–water partition coefficient (Wildman–Crippen LogP) is 1.84. The summed E-state index contributed by atoms with van der Waals surface area (Å²) in [6.45, 7) is 0.302. The van der Waals surface area contributed by atoms with Crippen molar-refractivity contribution in [2.24, 2.45) is 0 Å². The average molecular weight is 383 g/mol. The molecule has 0 radical (unpaired) electrons. The number of nitro groups is 1. The predicted molar refractivity (Wildman–Crippen MR) is 97.5 cm³/mol. The van der Waals surface area contributed by atoms with E-state index in [1.807, 2.05) is 30.3 Å². The number of nitrogens with zero attached hydrogens (tertiary/aromatic N) is 4. The number of carbonyl (C=O) groups excluding carboxylic acids is 1. The normalized spacial score (nSPS) is 13.4. The van der Waals surface area contributed by atoms with Gasteiger partial charge in [0.1, 0.15) is 10.7 Å². The zero-order valence-corrected chi connectivity index (χ0v) is 14.8. The Kier molecular flexibility index (Phi) is 4.52. The summed E-state index contributed by atoms with van der Waals surface area (Å²) in [4.78, 5) is 34.7. The summed E-state index contributed by atoms with van der Waals surface area (Å²) >= 11 is 0. The molecule has 1 aliphatic rings. The van der Waals surface area contributed by atoms with Crippen LogP contribution >= 0.6 is 0 Å². The summed E-state index contributed by atoms with van der Waals surface area (Å²) < 4.78 is 7.79.